The smallest absolute Gasteiger partial charge is 0.270 e. The third kappa shape index (κ3) is 3.09. The minimum atomic E-state index is -0.192. The second-order valence-electron chi connectivity index (χ2n) is 7.89. The minimum Gasteiger partial charge on any atom is -0.348 e. The zero-order valence-electron chi connectivity index (χ0n) is 15.1. The molecule has 2 heterocycles. The molecule has 0 aromatic carbocycles. The van der Waals surface area contributed by atoms with Crippen molar-refractivity contribution in [2.24, 2.45) is 11.8 Å². The topological polar surface area (TPSA) is 89.8 Å². The maximum atomic E-state index is 12.8. The van der Waals surface area contributed by atoms with E-state index in [1.165, 1.54) is 12.8 Å². The fraction of sp³-hybridized carbons (Fsp3) is 0.632. The molecule has 7 heteroatoms. The van der Waals surface area contributed by atoms with Crippen molar-refractivity contribution in [2.75, 3.05) is 0 Å². The molecule has 3 aliphatic rings. The summed E-state index contributed by atoms with van der Waals surface area (Å²) in [6, 6.07) is 3.26. The van der Waals surface area contributed by atoms with Crippen LogP contribution in [0, 0.1) is 37.0 Å². The maximum absolute atomic E-state index is 12.8. The van der Waals surface area contributed by atoms with Crippen molar-refractivity contribution in [1.82, 2.24) is 21.2 Å². The van der Waals surface area contributed by atoms with E-state index < -0.39 is 0 Å². The summed E-state index contributed by atoms with van der Waals surface area (Å²) < 4.78 is 0. The van der Waals surface area contributed by atoms with Gasteiger partial charge in [0.25, 0.3) is 5.91 Å². The summed E-state index contributed by atoms with van der Waals surface area (Å²) >= 11 is 6.10. The monoisotopic (exact) mass is 373 g/mol. The van der Waals surface area contributed by atoms with Crippen LogP contribution in [0.4, 0.5) is 0 Å². The number of nitriles is 1. The SMILES string of the molecule is Cc1c(C(=O)NC2CCC3NNC(C4CC4)C3C2)nc(Cl)c(C#N)c1C. The van der Waals surface area contributed by atoms with E-state index in [2.05, 4.69) is 27.2 Å². The molecule has 2 saturated carbocycles. The number of nitrogens with zero attached hydrogens (tertiary/aromatic N) is 2. The van der Waals surface area contributed by atoms with Crippen LogP contribution < -0.4 is 16.2 Å². The number of carbonyl (C=O) groups excluding carboxylic acids is 1. The van der Waals surface area contributed by atoms with Crippen LogP contribution in [-0.4, -0.2) is 29.0 Å². The number of amides is 1. The number of aromatic nitrogens is 1. The van der Waals surface area contributed by atoms with Gasteiger partial charge in [0.15, 0.2) is 0 Å². The molecular weight excluding hydrogens is 350 g/mol. The zero-order valence-corrected chi connectivity index (χ0v) is 15.9. The zero-order chi connectivity index (χ0) is 18.4. The average Bonchev–Trinajstić information content (AvgIpc) is 3.38. The molecule has 1 saturated heterocycles. The van der Waals surface area contributed by atoms with E-state index >= 15 is 0 Å². The number of hydrazine groups is 1. The minimum absolute atomic E-state index is 0.0995. The van der Waals surface area contributed by atoms with Gasteiger partial charge >= 0.3 is 0 Å². The van der Waals surface area contributed by atoms with E-state index in [0.29, 0.717) is 29.3 Å². The number of hydrogen-bond acceptors (Lipinski definition) is 5. The fourth-order valence-corrected chi connectivity index (χ4v) is 4.78. The molecule has 4 unspecified atom stereocenters. The first kappa shape index (κ1) is 17.7. The molecule has 1 aromatic heterocycles. The molecule has 1 amide bonds. The van der Waals surface area contributed by atoms with Crippen molar-refractivity contribution in [2.45, 2.75) is 64.1 Å². The summed E-state index contributed by atoms with van der Waals surface area (Å²) in [5, 5.41) is 12.5. The predicted octanol–water partition coefficient (Wildman–Crippen LogP) is 2.38. The number of hydrogen-bond donors (Lipinski definition) is 3. The molecule has 1 aromatic rings. The maximum Gasteiger partial charge on any atom is 0.270 e. The highest BCUT2D eigenvalue weighted by Crippen LogP contribution is 2.42. The van der Waals surface area contributed by atoms with Gasteiger partial charge in [-0.3, -0.25) is 15.6 Å². The van der Waals surface area contributed by atoms with Crippen LogP contribution in [0.3, 0.4) is 0 Å². The van der Waals surface area contributed by atoms with E-state index in [4.69, 9.17) is 11.6 Å². The number of pyridine rings is 1. The summed E-state index contributed by atoms with van der Waals surface area (Å²) in [6.07, 6.45) is 5.63. The van der Waals surface area contributed by atoms with Gasteiger partial charge in [-0.15, -0.1) is 0 Å². The molecule has 26 heavy (non-hydrogen) atoms. The molecule has 6 nitrogen and oxygen atoms in total. The molecule has 1 aliphatic heterocycles. The van der Waals surface area contributed by atoms with Gasteiger partial charge in [0.1, 0.15) is 16.9 Å². The van der Waals surface area contributed by atoms with Gasteiger partial charge in [-0.05, 0) is 68.9 Å². The molecule has 138 valence electrons. The van der Waals surface area contributed by atoms with Crippen LogP contribution in [0.25, 0.3) is 0 Å². The van der Waals surface area contributed by atoms with E-state index in [1.54, 1.807) is 6.92 Å². The van der Waals surface area contributed by atoms with E-state index in [9.17, 15) is 10.1 Å². The Morgan fingerprint density at radius 3 is 2.69 bits per heavy atom. The van der Waals surface area contributed by atoms with E-state index in [-0.39, 0.29) is 17.1 Å². The summed E-state index contributed by atoms with van der Waals surface area (Å²) in [4.78, 5) is 17.0. The molecule has 0 spiro atoms. The normalized spacial score (nSPS) is 30.5. The second kappa shape index (κ2) is 6.80. The first-order valence-corrected chi connectivity index (χ1v) is 9.76. The highest BCUT2D eigenvalue weighted by molar-refractivity contribution is 6.30. The van der Waals surface area contributed by atoms with Crippen LogP contribution in [-0.2, 0) is 0 Å². The molecule has 2 aliphatic carbocycles. The quantitative estimate of drug-likeness (QED) is 0.708. The van der Waals surface area contributed by atoms with Gasteiger partial charge in [0, 0.05) is 18.1 Å². The first-order valence-electron chi connectivity index (χ1n) is 9.38. The third-order valence-electron chi connectivity index (χ3n) is 6.30. The van der Waals surface area contributed by atoms with Gasteiger partial charge in [0.05, 0.1) is 5.56 Å². The summed E-state index contributed by atoms with van der Waals surface area (Å²) in [5.41, 5.74) is 9.04. The lowest BCUT2D eigenvalue weighted by molar-refractivity contribution is 0.0908. The lowest BCUT2D eigenvalue weighted by atomic mass is 9.78. The van der Waals surface area contributed by atoms with Crippen LogP contribution in [0.5, 0.6) is 0 Å². The lowest BCUT2D eigenvalue weighted by Gasteiger charge is -2.33. The van der Waals surface area contributed by atoms with Crippen LogP contribution in [0.1, 0.15) is 59.3 Å². The molecular formula is C19H24ClN5O. The molecule has 3 fully saturated rings. The summed E-state index contributed by atoms with van der Waals surface area (Å²) in [5.74, 6) is 1.17. The molecule has 4 atom stereocenters. The Morgan fingerprint density at radius 1 is 1.23 bits per heavy atom. The van der Waals surface area contributed by atoms with Gasteiger partial charge in [-0.25, -0.2) is 4.98 Å². The van der Waals surface area contributed by atoms with Crippen molar-refractivity contribution < 1.29 is 4.79 Å². The van der Waals surface area contributed by atoms with Gasteiger partial charge in [-0.2, -0.15) is 5.26 Å². The third-order valence-corrected chi connectivity index (χ3v) is 6.57. The number of rotatable bonds is 3. The Hall–Kier alpha value is -1.68. The van der Waals surface area contributed by atoms with Gasteiger partial charge in [0.2, 0.25) is 0 Å². The van der Waals surface area contributed by atoms with E-state index in [1.807, 2.05) is 6.92 Å². The van der Waals surface area contributed by atoms with Crippen molar-refractivity contribution in [3.63, 3.8) is 0 Å². The highest BCUT2D eigenvalue weighted by Gasteiger charge is 2.46. The molecule has 0 bridgehead atoms. The molecule has 4 rings (SSSR count). The van der Waals surface area contributed by atoms with Crippen LogP contribution in [0.2, 0.25) is 5.15 Å². The summed E-state index contributed by atoms with van der Waals surface area (Å²) in [7, 11) is 0. The standard InChI is InChI=1S/C19H24ClN5O/c1-9-10(2)16(23-18(20)14(9)8-21)19(26)22-12-5-6-15-13(7-12)17(25-24-15)11-3-4-11/h11-13,15,17,24-25H,3-7H2,1-2H3,(H,22,26). The van der Waals surface area contributed by atoms with Crippen LogP contribution in [0.15, 0.2) is 0 Å². The van der Waals surface area contributed by atoms with Crippen molar-refractivity contribution in [3.05, 3.63) is 27.5 Å². The number of carbonyl (C=O) groups is 1. The highest BCUT2D eigenvalue weighted by atomic mass is 35.5. The van der Waals surface area contributed by atoms with Crippen LogP contribution >= 0.6 is 11.6 Å². The van der Waals surface area contributed by atoms with Crippen molar-refractivity contribution >= 4 is 17.5 Å². The Morgan fingerprint density at radius 2 is 2.00 bits per heavy atom. The van der Waals surface area contributed by atoms with Crippen molar-refractivity contribution in [1.29, 1.82) is 5.26 Å². The second-order valence-corrected chi connectivity index (χ2v) is 8.25. The van der Waals surface area contributed by atoms with Gasteiger partial charge in [-0.1, -0.05) is 11.6 Å². The number of fused-ring (bicyclic) bond motifs is 1. The van der Waals surface area contributed by atoms with Gasteiger partial charge < -0.3 is 5.32 Å². The fourth-order valence-electron chi connectivity index (χ4n) is 4.51. The predicted molar refractivity (Wildman–Crippen MR) is 98.6 cm³/mol. The Kier molecular flexibility index (Phi) is 4.64. The first-order chi connectivity index (χ1) is 12.5. The lowest BCUT2D eigenvalue weighted by Crippen LogP contribution is -2.45. The Balaban J connectivity index is 1.48. The molecule has 0 radical (unpaired) electrons. The summed E-state index contributed by atoms with van der Waals surface area (Å²) in [6.45, 7) is 3.62. The number of nitrogens with one attached hydrogen (secondary N) is 3. The Labute approximate surface area is 158 Å². The van der Waals surface area contributed by atoms with E-state index in [0.717, 1.165) is 36.3 Å². The Bertz CT molecular complexity index is 785. The number of halogens is 1. The van der Waals surface area contributed by atoms with Crippen molar-refractivity contribution in [3.8, 4) is 6.07 Å². The average molecular weight is 374 g/mol. The largest absolute Gasteiger partial charge is 0.348 e. The molecule has 3 N–H and O–H groups in total.